The molecule has 1 aromatic carbocycles. The van der Waals surface area contributed by atoms with Gasteiger partial charge >= 0.3 is 6.03 Å². The van der Waals surface area contributed by atoms with Crippen LogP contribution in [-0.2, 0) is 13.0 Å². The molecule has 1 saturated heterocycles. The zero-order chi connectivity index (χ0) is 20.0. The van der Waals surface area contributed by atoms with Crippen molar-refractivity contribution in [2.24, 2.45) is 0 Å². The first-order valence-corrected chi connectivity index (χ1v) is 10.9. The maximum Gasteiger partial charge on any atom is 0.319 e. The van der Waals surface area contributed by atoms with Crippen LogP contribution in [0.25, 0.3) is 22.5 Å². The summed E-state index contributed by atoms with van der Waals surface area (Å²) in [5.41, 5.74) is 8.74. The molecule has 0 spiro atoms. The molecule has 150 valence electrons. The quantitative estimate of drug-likeness (QED) is 0.565. The molecule has 2 amide bonds. The molecule has 0 saturated carbocycles. The molecule has 7 heteroatoms. The van der Waals surface area contributed by atoms with Gasteiger partial charge in [-0.2, -0.15) is 16.4 Å². The first-order chi connectivity index (χ1) is 14.1. The van der Waals surface area contributed by atoms with E-state index in [0.29, 0.717) is 0 Å². The van der Waals surface area contributed by atoms with Gasteiger partial charge in [0.05, 0.1) is 11.4 Å². The number of aromatic nitrogens is 2. The third-order valence-corrected chi connectivity index (χ3v) is 6.59. The number of urea groups is 1. The summed E-state index contributed by atoms with van der Waals surface area (Å²) in [7, 11) is 3.62. The van der Waals surface area contributed by atoms with Crippen LogP contribution in [0.2, 0.25) is 0 Å². The summed E-state index contributed by atoms with van der Waals surface area (Å²) >= 11 is 1.71. The van der Waals surface area contributed by atoms with Crippen LogP contribution in [0.15, 0.2) is 35.0 Å². The van der Waals surface area contributed by atoms with E-state index in [1.54, 1.807) is 16.2 Å². The highest BCUT2D eigenvalue weighted by Crippen LogP contribution is 2.40. The number of piperazine rings is 1. The minimum atomic E-state index is 0.107. The van der Waals surface area contributed by atoms with Crippen molar-refractivity contribution >= 4 is 17.4 Å². The van der Waals surface area contributed by atoms with Gasteiger partial charge in [0.1, 0.15) is 0 Å². The third-order valence-electron chi connectivity index (χ3n) is 5.90. The normalized spacial score (nSPS) is 16.0. The zero-order valence-corrected chi connectivity index (χ0v) is 17.6. The van der Waals surface area contributed by atoms with Gasteiger partial charge in [-0.1, -0.05) is 12.1 Å². The van der Waals surface area contributed by atoms with E-state index in [1.165, 1.54) is 33.5 Å². The molecule has 3 aromatic rings. The predicted octanol–water partition coefficient (Wildman–Crippen LogP) is 3.51. The highest BCUT2D eigenvalue weighted by atomic mass is 32.1. The second-order valence-electron chi connectivity index (χ2n) is 8.05. The standard InChI is InChI=1S/C22H25N5OS/c1-25(2)22(28)27-8-6-26(7-9-27)13-15-3-4-16-12-19-20(17-5-10-29-14-17)23-24-21(19)18(16)11-15/h3-5,10-11,14H,6-9,12-13H2,1-2H3,(H,23,24). The fourth-order valence-electron chi connectivity index (χ4n) is 4.34. The molecule has 6 nitrogen and oxygen atoms in total. The predicted molar refractivity (Wildman–Crippen MR) is 116 cm³/mol. The van der Waals surface area contributed by atoms with Crippen LogP contribution < -0.4 is 0 Å². The van der Waals surface area contributed by atoms with Gasteiger partial charge in [0.25, 0.3) is 0 Å². The summed E-state index contributed by atoms with van der Waals surface area (Å²) in [4.78, 5) is 18.1. The second-order valence-corrected chi connectivity index (χ2v) is 8.83. The molecule has 1 N–H and O–H groups in total. The third kappa shape index (κ3) is 3.34. The van der Waals surface area contributed by atoms with Crippen molar-refractivity contribution in [1.82, 2.24) is 24.9 Å². The van der Waals surface area contributed by atoms with Crippen molar-refractivity contribution in [3.05, 3.63) is 51.7 Å². The van der Waals surface area contributed by atoms with Gasteiger partial charge in [0.15, 0.2) is 0 Å². The van der Waals surface area contributed by atoms with Crippen LogP contribution in [0.4, 0.5) is 4.79 Å². The van der Waals surface area contributed by atoms with Crippen LogP contribution in [0.3, 0.4) is 0 Å². The van der Waals surface area contributed by atoms with Gasteiger partial charge in [-0.05, 0) is 28.6 Å². The molecule has 5 rings (SSSR count). The number of benzene rings is 1. The molecule has 0 radical (unpaired) electrons. The summed E-state index contributed by atoms with van der Waals surface area (Å²) < 4.78 is 0. The maximum atomic E-state index is 12.1. The van der Waals surface area contributed by atoms with E-state index < -0.39 is 0 Å². The number of thiophene rings is 1. The lowest BCUT2D eigenvalue weighted by molar-refractivity contribution is 0.120. The van der Waals surface area contributed by atoms with Gasteiger partial charge < -0.3 is 9.80 Å². The van der Waals surface area contributed by atoms with E-state index in [2.05, 4.69) is 50.1 Å². The molecule has 1 aliphatic heterocycles. The summed E-state index contributed by atoms with van der Waals surface area (Å²) in [5, 5.41) is 12.1. The first-order valence-electron chi connectivity index (χ1n) is 10.0. The Hall–Kier alpha value is -2.64. The number of hydrogen-bond acceptors (Lipinski definition) is 4. The van der Waals surface area contributed by atoms with Crippen LogP contribution >= 0.6 is 11.3 Å². The number of hydrogen-bond donors (Lipinski definition) is 1. The summed E-state index contributed by atoms with van der Waals surface area (Å²) in [5.74, 6) is 0. The van der Waals surface area contributed by atoms with Crippen LogP contribution in [0.5, 0.6) is 0 Å². The first kappa shape index (κ1) is 18.4. The van der Waals surface area contributed by atoms with Crippen LogP contribution in [0.1, 0.15) is 16.7 Å². The molecule has 29 heavy (non-hydrogen) atoms. The maximum absolute atomic E-state index is 12.1. The molecule has 0 atom stereocenters. The Morgan fingerprint density at radius 2 is 2.03 bits per heavy atom. The van der Waals surface area contributed by atoms with E-state index in [9.17, 15) is 4.79 Å². The number of rotatable bonds is 3. The Labute approximate surface area is 174 Å². The molecule has 1 aliphatic carbocycles. The Balaban J connectivity index is 1.30. The number of H-pyrrole nitrogens is 1. The Kier molecular flexibility index (Phi) is 4.64. The highest BCUT2D eigenvalue weighted by Gasteiger charge is 2.26. The fraction of sp³-hybridized carbons (Fsp3) is 0.364. The lowest BCUT2D eigenvalue weighted by atomic mass is 10.0. The molecule has 1 fully saturated rings. The largest absolute Gasteiger partial charge is 0.331 e. The summed E-state index contributed by atoms with van der Waals surface area (Å²) in [6.45, 7) is 4.31. The number of nitrogens with zero attached hydrogens (tertiary/aromatic N) is 4. The van der Waals surface area contributed by atoms with E-state index in [-0.39, 0.29) is 6.03 Å². The van der Waals surface area contributed by atoms with E-state index in [4.69, 9.17) is 0 Å². The van der Waals surface area contributed by atoms with Gasteiger partial charge in [-0.25, -0.2) is 4.79 Å². The zero-order valence-electron chi connectivity index (χ0n) is 16.8. The second kappa shape index (κ2) is 7.31. The summed E-state index contributed by atoms with van der Waals surface area (Å²) in [6.07, 6.45) is 0.942. The van der Waals surface area contributed by atoms with Crippen molar-refractivity contribution in [3.63, 3.8) is 0 Å². The topological polar surface area (TPSA) is 55.5 Å². The van der Waals surface area contributed by atoms with Gasteiger partial charge in [0.2, 0.25) is 0 Å². The number of nitrogens with one attached hydrogen (secondary N) is 1. The Bertz CT molecular complexity index is 1030. The van der Waals surface area contributed by atoms with Crippen LogP contribution in [0, 0.1) is 0 Å². The molecule has 3 heterocycles. The van der Waals surface area contributed by atoms with E-state index in [1.807, 2.05) is 19.0 Å². The number of aromatic amines is 1. The van der Waals surface area contributed by atoms with E-state index >= 15 is 0 Å². The Morgan fingerprint density at radius 3 is 2.76 bits per heavy atom. The lowest BCUT2D eigenvalue weighted by Crippen LogP contribution is -2.51. The van der Waals surface area contributed by atoms with Crippen molar-refractivity contribution < 1.29 is 4.79 Å². The van der Waals surface area contributed by atoms with Gasteiger partial charge in [-0.15, -0.1) is 0 Å². The number of amides is 2. The molecule has 0 unspecified atom stereocenters. The molecule has 2 aliphatic rings. The summed E-state index contributed by atoms with van der Waals surface area (Å²) in [6, 6.07) is 9.07. The molecular weight excluding hydrogens is 382 g/mol. The number of fused-ring (bicyclic) bond motifs is 3. The average molecular weight is 408 g/mol. The van der Waals surface area contributed by atoms with Crippen molar-refractivity contribution in [1.29, 1.82) is 0 Å². The van der Waals surface area contributed by atoms with Crippen molar-refractivity contribution in [2.45, 2.75) is 13.0 Å². The molecule has 0 bridgehead atoms. The average Bonchev–Trinajstić information content (AvgIpc) is 3.44. The van der Waals surface area contributed by atoms with Gasteiger partial charge in [0, 0.05) is 75.3 Å². The van der Waals surface area contributed by atoms with Gasteiger partial charge in [-0.3, -0.25) is 10.00 Å². The highest BCUT2D eigenvalue weighted by molar-refractivity contribution is 7.08. The molecular formula is C22H25N5OS. The minimum absolute atomic E-state index is 0.107. The smallest absolute Gasteiger partial charge is 0.319 e. The van der Waals surface area contributed by atoms with Crippen molar-refractivity contribution in [2.75, 3.05) is 40.3 Å². The minimum Gasteiger partial charge on any atom is -0.331 e. The SMILES string of the molecule is CN(C)C(=O)N1CCN(Cc2ccc3c(c2)-c2[nH]nc(-c4ccsc4)c2C3)CC1. The lowest BCUT2D eigenvalue weighted by Gasteiger charge is -2.36. The molecule has 2 aromatic heterocycles. The Morgan fingerprint density at radius 1 is 1.21 bits per heavy atom. The van der Waals surface area contributed by atoms with Crippen molar-refractivity contribution in [3.8, 4) is 22.5 Å². The van der Waals surface area contributed by atoms with Crippen LogP contribution in [-0.4, -0.2) is 71.2 Å². The van der Waals surface area contributed by atoms with E-state index in [0.717, 1.165) is 44.8 Å². The fourth-order valence-corrected chi connectivity index (χ4v) is 4.98. The monoisotopic (exact) mass is 407 g/mol. The number of carbonyl (C=O) groups is 1. The number of carbonyl (C=O) groups excluding carboxylic acids is 1.